The average Bonchev–Trinajstić information content (AvgIpc) is 2.36. The van der Waals surface area contributed by atoms with Gasteiger partial charge in [-0.05, 0) is 32.0 Å². The highest BCUT2D eigenvalue weighted by Crippen LogP contribution is 2.28. The maximum atomic E-state index is 10.9. The molecule has 1 atom stereocenters. The van der Waals surface area contributed by atoms with E-state index < -0.39 is 10.5 Å². The maximum absolute atomic E-state index is 10.9. The van der Waals surface area contributed by atoms with Crippen molar-refractivity contribution in [2.45, 2.75) is 26.3 Å². The van der Waals surface area contributed by atoms with E-state index in [1.54, 1.807) is 19.1 Å². The van der Waals surface area contributed by atoms with Crippen molar-refractivity contribution in [3.8, 4) is 11.8 Å². The standard InChI is InChI=1S/C13H17N3O3/c1-4-15-13(3,8-14)9-19-12-7-10(2)5-6-11(12)16(17)18/h5-7,15H,4,9H2,1-3H3. The van der Waals surface area contributed by atoms with Crippen molar-refractivity contribution in [2.75, 3.05) is 13.2 Å². The summed E-state index contributed by atoms with van der Waals surface area (Å²) in [5, 5.41) is 23.0. The number of rotatable bonds is 6. The zero-order valence-corrected chi connectivity index (χ0v) is 11.3. The molecule has 0 amide bonds. The summed E-state index contributed by atoms with van der Waals surface area (Å²) < 4.78 is 5.46. The molecule has 1 aromatic rings. The Bertz CT molecular complexity index is 510. The highest BCUT2D eigenvalue weighted by Gasteiger charge is 2.25. The Morgan fingerprint density at radius 3 is 2.79 bits per heavy atom. The Morgan fingerprint density at radius 1 is 1.58 bits per heavy atom. The Morgan fingerprint density at radius 2 is 2.26 bits per heavy atom. The lowest BCUT2D eigenvalue weighted by atomic mass is 10.1. The van der Waals surface area contributed by atoms with Crippen molar-refractivity contribution in [3.05, 3.63) is 33.9 Å². The molecule has 102 valence electrons. The highest BCUT2D eigenvalue weighted by atomic mass is 16.6. The fourth-order valence-electron chi connectivity index (χ4n) is 1.62. The predicted molar refractivity (Wildman–Crippen MR) is 71.0 cm³/mol. The van der Waals surface area contributed by atoms with E-state index in [0.29, 0.717) is 6.54 Å². The lowest BCUT2D eigenvalue weighted by Crippen LogP contribution is -2.46. The summed E-state index contributed by atoms with van der Waals surface area (Å²) in [7, 11) is 0. The van der Waals surface area contributed by atoms with Crippen LogP contribution in [-0.4, -0.2) is 23.6 Å². The first kappa shape index (κ1) is 14.9. The second-order valence-corrected chi connectivity index (χ2v) is 4.49. The van der Waals surface area contributed by atoms with Crippen LogP contribution in [0.1, 0.15) is 19.4 Å². The Labute approximate surface area is 112 Å². The number of likely N-dealkylation sites (N-methyl/N-ethyl adjacent to an activating group) is 1. The summed E-state index contributed by atoms with van der Waals surface area (Å²) in [6, 6.07) is 6.76. The van der Waals surface area contributed by atoms with E-state index >= 15 is 0 Å². The fourth-order valence-corrected chi connectivity index (χ4v) is 1.62. The Balaban J connectivity index is 2.91. The molecular formula is C13H17N3O3. The molecule has 0 aliphatic carbocycles. The molecule has 1 rings (SSSR count). The van der Waals surface area contributed by atoms with Gasteiger partial charge in [0.2, 0.25) is 0 Å². The lowest BCUT2D eigenvalue weighted by Gasteiger charge is -2.22. The summed E-state index contributed by atoms with van der Waals surface area (Å²) in [5.41, 5.74) is -0.100. The summed E-state index contributed by atoms with van der Waals surface area (Å²) in [6.07, 6.45) is 0. The van der Waals surface area contributed by atoms with Gasteiger partial charge in [-0.1, -0.05) is 13.0 Å². The number of nitrogens with one attached hydrogen (secondary N) is 1. The smallest absolute Gasteiger partial charge is 0.310 e. The van der Waals surface area contributed by atoms with Crippen LogP contribution in [0.4, 0.5) is 5.69 Å². The van der Waals surface area contributed by atoms with Crippen molar-refractivity contribution in [1.29, 1.82) is 5.26 Å². The maximum Gasteiger partial charge on any atom is 0.310 e. The monoisotopic (exact) mass is 263 g/mol. The molecular weight excluding hydrogens is 246 g/mol. The van der Waals surface area contributed by atoms with E-state index in [1.165, 1.54) is 6.07 Å². The molecule has 0 bridgehead atoms. The third-order valence-corrected chi connectivity index (χ3v) is 2.64. The van der Waals surface area contributed by atoms with Crippen LogP contribution in [0, 0.1) is 28.4 Å². The minimum Gasteiger partial charge on any atom is -0.484 e. The van der Waals surface area contributed by atoms with Crippen molar-refractivity contribution in [1.82, 2.24) is 5.32 Å². The number of nitro groups is 1. The van der Waals surface area contributed by atoms with E-state index in [-0.39, 0.29) is 18.0 Å². The number of hydrogen-bond donors (Lipinski definition) is 1. The quantitative estimate of drug-likeness (QED) is 0.627. The molecule has 6 heteroatoms. The first-order chi connectivity index (χ1) is 8.91. The number of aryl methyl sites for hydroxylation is 1. The number of nitro benzene ring substituents is 1. The molecule has 6 nitrogen and oxygen atoms in total. The van der Waals surface area contributed by atoms with Crippen molar-refractivity contribution in [2.24, 2.45) is 0 Å². The van der Waals surface area contributed by atoms with Gasteiger partial charge in [0.15, 0.2) is 5.75 Å². The van der Waals surface area contributed by atoms with E-state index in [9.17, 15) is 10.1 Å². The van der Waals surface area contributed by atoms with Gasteiger partial charge in [-0.25, -0.2) is 0 Å². The van der Waals surface area contributed by atoms with Crippen LogP contribution in [-0.2, 0) is 0 Å². The average molecular weight is 263 g/mol. The van der Waals surface area contributed by atoms with Crippen LogP contribution < -0.4 is 10.1 Å². The lowest BCUT2D eigenvalue weighted by molar-refractivity contribution is -0.385. The van der Waals surface area contributed by atoms with Gasteiger partial charge < -0.3 is 4.74 Å². The molecule has 0 aliphatic rings. The minimum absolute atomic E-state index is 0.0433. The van der Waals surface area contributed by atoms with Crippen LogP contribution in [0.15, 0.2) is 18.2 Å². The number of benzene rings is 1. The molecule has 0 aliphatic heterocycles. The molecule has 1 N–H and O–H groups in total. The molecule has 0 saturated heterocycles. The molecule has 0 fully saturated rings. The zero-order chi connectivity index (χ0) is 14.5. The molecule has 1 unspecified atom stereocenters. The van der Waals surface area contributed by atoms with Gasteiger partial charge in [-0.15, -0.1) is 0 Å². The van der Waals surface area contributed by atoms with Gasteiger partial charge in [0.1, 0.15) is 12.1 Å². The van der Waals surface area contributed by atoms with E-state index in [4.69, 9.17) is 10.00 Å². The fraction of sp³-hybridized carbons (Fsp3) is 0.462. The molecule has 0 radical (unpaired) electrons. The van der Waals surface area contributed by atoms with E-state index in [1.807, 2.05) is 13.8 Å². The molecule has 0 saturated carbocycles. The minimum atomic E-state index is -0.869. The number of nitrogens with zero attached hydrogens (tertiary/aromatic N) is 2. The van der Waals surface area contributed by atoms with Crippen LogP contribution in [0.25, 0.3) is 0 Å². The highest BCUT2D eigenvalue weighted by molar-refractivity contribution is 5.48. The second kappa shape index (κ2) is 6.16. The number of nitriles is 1. The third-order valence-electron chi connectivity index (χ3n) is 2.64. The predicted octanol–water partition coefficient (Wildman–Crippen LogP) is 2.17. The second-order valence-electron chi connectivity index (χ2n) is 4.49. The topological polar surface area (TPSA) is 88.2 Å². The summed E-state index contributed by atoms with van der Waals surface area (Å²) in [6.45, 7) is 6.05. The van der Waals surface area contributed by atoms with Gasteiger partial charge in [-0.3, -0.25) is 15.4 Å². The first-order valence-electron chi connectivity index (χ1n) is 5.96. The molecule has 0 spiro atoms. The third kappa shape index (κ3) is 3.93. The van der Waals surface area contributed by atoms with Crippen LogP contribution in [0.5, 0.6) is 5.75 Å². The zero-order valence-electron chi connectivity index (χ0n) is 11.3. The van der Waals surface area contributed by atoms with Gasteiger partial charge in [0, 0.05) is 6.07 Å². The SMILES string of the molecule is CCNC(C)(C#N)COc1cc(C)ccc1[N+](=O)[O-]. The molecule has 0 aromatic heterocycles. The van der Waals surface area contributed by atoms with Crippen LogP contribution >= 0.6 is 0 Å². The summed E-state index contributed by atoms with van der Waals surface area (Å²) in [4.78, 5) is 10.4. The van der Waals surface area contributed by atoms with E-state index in [0.717, 1.165) is 5.56 Å². The van der Waals surface area contributed by atoms with Crippen molar-refractivity contribution < 1.29 is 9.66 Å². The number of ether oxygens (including phenoxy) is 1. The van der Waals surface area contributed by atoms with Crippen molar-refractivity contribution in [3.63, 3.8) is 0 Å². The largest absolute Gasteiger partial charge is 0.484 e. The normalized spacial score (nSPS) is 13.4. The van der Waals surface area contributed by atoms with Crippen LogP contribution in [0.3, 0.4) is 0 Å². The van der Waals surface area contributed by atoms with Crippen molar-refractivity contribution >= 4 is 5.69 Å². The molecule has 0 heterocycles. The van der Waals surface area contributed by atoms with Gasteiger partial charge in [0.05, 0.1) is 11.0 Å². The Kier molecular flexibility index (Phi) is 4.84. The molecule has 1 aromatic carbocycles. The Hall–Kier alpha value is -2.13. The van der Waals surface area contributed by atoms with Gasteiger partial charge in [0.25, 0.3) is 0 Å². The van der Waals surface area contributed by atoms with E-state index in [2.05, 4.69) is 11.4 Å². The summed E-state index contributed by atoms with van der Waals surface area (Å²) >= 11 is 0. The first-order valence-corrected chi connectivity index (χ1v) is 5.96. The number of hydrogen-bond acceptors (Lipinski definition) is 5. The summed E-state index contributed by atoms with van der Waals surface area (Å²) in [5.74, 6) is 0.185. The molecule has 19 heavy (non-hydrogen) atoms. The van der Waals surface area contributed by atoms with Gasteiger partial charge >= 0.3 is 5.69 Å². The van der Waals surface area contributed by atoms with Gasteiger partial charge in [-0.2, -0.15) is 5.26 Å². The van der Waals surface area contributed by atoms with Crippen LogP contribution in [0.2, 0.25) is 0 Å².